The van der Waals surface area contributed by atoms with Crippen LogP contribution in [0.1, 0.15) is 25.3 Å². The molecule has 1 amide bonds. The Bertz CT molecular complexity index is 556. The monoisotopic (exact) mass is 321 g/mol. The molecule has 0 saturated carbocycles. The molecule has 1 aliphatic rings. The lowest BCUT2D eigenvalue weighted by molar-refractivity contribution is -0.385. The Morgan fingerprint density at radius 3 is 2.78 bits per heavy atom. The molecule has 126 valence electrons. The number of piperazine rings is 1. The second kappa shape index (κ2) is 8.47. The number of amides is 1. The van der Waals surface area contributed by atoms with Gasteiger partial charge in [0.15, 0.2) is 5.75 Å². The molecule has 1 heterocycles. The zero-order valence-corrected chi connectivity index (χ0v) is 13.4. The van der Waals surface area contributed by atoms with Gasteiger partial charge in [0.25, 0.3) is 0 Å². The Kier molecular flexibility index (Phi) is 6.34. The molecule has 0 bridgehead atoms. The second-order valence-corrected chi connectivity index (χ2v) is 5.54. The largest absolute Gasteiger partial charge is 0.487 e. The maximum Gasteiger partial charge on any atom is 0.311 e. The van der Waals surface area contributed by atoms with Gasteiger partial charge in [0.2, 0.25) is 5.91 Å². The number of aryl methyl sites for hydroxylation is 1. The molecule has 1 aliphatic heterocycles. The molecule has 0 aromatic heterocycles. The van der Waals surface area contributed by atoms with Gasteiger partial charge in [-0.25, -0.2) is 0 Å². The van der Waals surface area contributed by atoms with Crippen molar-refractivity contribution in [3.05, 3.63) is 33.9 Å². The summed E-state index contributed by atoms with van der Waals surface area (Å²) in [6.07, 6.45) is 1.65. The van der Waals surface area contributed by atoms with Gasteiger partial charge in [-0.1, -0.05) is 13.0 Å². The minimum Gasteiger partial charge on any atom is -0.487 e. The molecule has 1 saturated heterocycles. The molecule has 0 aliphatic carbocycles. The fourth-order valence-electron chi connectivity index (χ4n) is 2.52. The SMILES string of the molecule is CCCOc1ccc(CCC(=O)N2CCNCC2)cc1[N+](=O)[O-]. The summed E-state index contributed by atoms with van der Waals surface area (Å²) >= 11 is 0. The van der Waals surface area contributed by atoms with E-state index in [1.54, 1.807) is 12.1 Å². The first kappa shape index (κ1) is 17.2. The molecule has 1 fully saturated rings. The first-order chi connectivity index (χ1) is 11.1. The average Bonchev–Trinajstić information content (AvgIpc) is 2.58. The van der Waals surface area contributed by atoms with Crippen molar-refractivity contribution in [3.63, 3.8) is 0 Å². The number of ether oxygens (including phenoxy) is 1. The third-order valence-corrected chi connectivity index (χ3v) is 3.78. The highest BCUT2D eigenvalue weighted by atomic mass is 16.6. The molecule has 0 radical (unpaired) electrons. The van der Waals surface area contributed by atoms with Crippen molar-refractivity contribution in [2.24, 2.45) is 0 Å². The smallest absolute Gasteiger partial charge is 0.311 e. The van der Waals surface area contributed by atoms with Crippen LogP contribution >= 0.6 is 0 Å². The molecule has 23 heavy (non-hydrogen) atoms. The Hall–Kier alpha value is -2.15. The molecule has 1 N–H and O–H groups in total. The van der Waals surface area contributed by atoms with Crippen LogP contribution in [0.3, 0.4) is 0 Å². The van der Waals surface area contributed by atoms with E-state index in [4.69, 9.17) is 4.74 Å². The van der Waals surface area contributed by atoms with E-state index in [1.807, 2.05) is 11.8 Å². The van der Waals surface area contributed by atoms with Crippen molar-refractivity contribution in [2.75, 3.05) is 32.8 Å². The minimum atomic E-state index is -0.438. The first-order valence-corrected chi connectivity index (χ1v) is 8.00. The maximum atomic E-state index is 12.1. The van der Waals surface area contributed by atoms with E-state index in [0.717, 1.165) is 38.2 Å². The molecular formula is C16H23N3O4. The number of hydrogen-bond donors (Lipinski definition) is 1. The van der Waals surface area contributed by atoms with Crippen LogP contribution < -0.4 is 10.1 Å². The van der Waals surface area contributed by atoms with Crippen molar-refractivity contribution in [1.29, 1.82) is 0 Å². The summed E-state index contributed by atoms with van der Waals surface area (Å²) < 4.78 is 5.40. The van der Waals surface area contributed by atoms with Gasteiger partial charge >= 0.3 is 5.69 Å². The Labute approximate surface area is 135 Å². The average molecular weight is 321 g/mol. The normalized spacial score (nSPS) is 14.6. The van der Waals surface area contributed by atoms with Gasteiger partial charge in [-0.2, -0.15) is 0 Å². The number of benzene rings is 1. The quantitative estimate of drug-likeness (QED) is 0.611. The summed E-state index contributed by atoms with van der Waals surface area (Å²) in [5.41, 5.74) is 0.745. The van der Waals surface area contributed by atoms with Gasteiger partial charge in [0.05, 0.1) is 11.5 Å². The van der Waals surface area contributed by atoms with Crippen LogP contribution in [0.15, 0.2) is 18.2 Å². The molecule has 2 rings (SSSR count). The van der Waals surface area contributed by atoms with Gasteiger partial charge in [-0.15, -0.1) is 0 Å². The fraction of sp³-hybridized carbons (Fsp3) is 0.562. The highest BCUT2D eigenvalue weighted by Crippen LogP contribution is 2.28. The standard InChI is InChI=1S/C16H23N3O4/c1-2-11-23-15-5-3-13(12-14(15)19(21)22)4-6-16(20)18-9-7-17-8-10-18/h3,5,12,17H,2,4,6-11H2,1H3. The van der Waals surface area contributed by atoms with Crippen LogP contribution in [0, 0.1) is 10.1 Å². The number of rotatable bonds is 7. The second-order valence-electron chi connectivity index (χ2n) is 5.54. The molecule has 0 spiro atoms. The molecule has 7 nitrogen and oxygen atoms in total. The molecular weight excluding hydrogens is 298 g/mol. The Morgan fingerprint density at radius 2 is 2.13 bits per heavy atom. The number of nitrogens with one attached hydrogen (secondary N) is 1. The van der Waals surface area contributed by atoms with Crippen LogP contribution in [0.4, 0.5) is 5.69 Å². The van der Waals surface area contributed by atoms with Crippen LogP contribution in [-0.4, -0.2) is 48.5 Å². The van der Waals surface area contributed by atoms with Gasteiger partial charge < -0.3 is 15.0 Å². The summed E-state index contributed by atoms with van der Waals surface area (Å²) in [4.78, 5) is 24.7. The molecule has 0 unspecified atom stereocenters. The van der Waals surface area contributed by atoms with Gasteiger partial charge in [0, 0.05) is 38.7 Å². The minimum absolute atomic E-state index is 0.0365. The number of nitrogens with zero attached hydrogens (tertiary/aromatic N) is 2. The van der Waals surface area contributed by atoms with E-state index in [2.05, 4.69) is 5.32 Å². The van der Waals surface area contributed by atoms with E-state index in [1.165, 1.54) is 6.07 Å². The van der Waals surface area contributed by atoms with Gasteiger partial charge in [0.1, 0.15) is 0 Å². The summed E-state index contributed by atoms with van der Waals surface area (Å²) in [6.45, 7) is 5.48. The predicted octanol–water partition coefficient (Wildman–Crippen LogP) is 1.75. The van der Waals surface area contributed by atoms with Crippen LogP contribution in [0.5, 0.6) is 5.75 Å². The number of hydrogen-bond acceptors (Lipinski definition) is 5. The van der Waals surface area contributed by atoms with Crippen molar-refractivity contribution in [1.82, 2.24) is 10.2 Å². The van der Waals surface area contributed by atoms with E-state index < -0.39 is 4.92 Å². The summed E-state index contributed by atoms with van der Waals surface area (Å²) in [5.74, 6) is 0.384. The summed E-state index contributed by atoms with van der Waals surface area (Å²) in [7, 11) is 0. The lowest BCUT2D eigenvalue weighted by atomic mass is 10.1. The molecule has 1 aromatic rings. The van der Waals surface area contributed by atoms with E-state index in [9.17, 15) is 14.9 Å². The number of carbonyl (C=O) groups excluding carboxylic acids is 1. The topological polar surface area (TPSA) is 84.7 Å². The van der Waals surface area contributed by atoms with Crippen molar-refractivity contribution in [2.45, 2.75) is 26.2 Å². The summed E-state index contributed by atoms with van der Waals surface area (Å²) in [5, 5.41) is 14.4. The number of nitro groups is 1. The van der Waals surface area contributed by atoms with Crippen molar-refractivity contribution in [3.8, 4) is 5.75 Å². The zero-order valence-electron chi connectivity index (χ0n) is 13.4. The van der Waals surface area contributed by atoms with Crippen LogP contribution in [0.2, 0.25) is 0 Å². The Morgan fingerprint density at radius 1 is 1.39 bits per heavy atom. The Balaban J connectivity index is 1.98. The molecule has 1 aromatic carbocycles. The van der Waals surface area contributed by atoms with Crippen molar-refractivity contribution >= 4 is 11.6 Å². The van der Waals surface area contributed by atoms with E-state index in [0.29, 0.717) is 19.4 Å². The number of carbonyl (C=O) groups is 1. The lowest BCUT2D eigenvalue weighted by Crippen LogP contribution is -2.46. The van der Waals surface area contributed by atoms with E-state index >= 15 is 0 Å². The molecule has 0 atom stereocenters. The first-order valence-electron chi connectivity index (χ1n) is 8.00. The third kappa shape index (κ3) is 4.92. The van der Waals surface area contributed by atoms with Crippen molar-refractivity contribution < 1.29 is 14.5 Å². The highest BCUT2D eigenvalue weighted by Gasteiger charge is 2.18. The van der Waals surface area contributed by atoms with Crippen LogP contribution in [0.25, 0.3) is 0 Å². The maximum absolute atomic E-state index is 12.1. The van der Waals surface area contributed by atoms with Gasteiger partial charge in [-0.05, 0) is 24.5 Å². The summed E-state index contributed by atoms with van der Waals surface area (Å²) in [6, 6.07) is 4.93. The van der Waals surface area contributed by atoms with E-state index in [-0.39, 0.29) is 17.3 Å². The zero-order chi connectivity index (χ0) is 16.7. The van der Waals surface area contributed by atoms with Crippen LogP contribution in [-0.2, 0) is 11.2 Å². The predicted molar refractivity (Wildman–Crippen MR) is 86.7 cm³/mol. The van der Waals surface area contributed by atoms with Gasteiger partial charge in [-0.3, -0.25) is 14.9 Å². The molecule has 7 heteroatoms. The fourth-order valence-corrected chi connectivity index (χ4v) is 2.52. The third-order valence-electron chi connectivity index (χ3n) is 3.78. The lowest BCUT2D eigenvalue weighted by Gasteiger charge is -2.27. The number of nitro benzene ring substituents is 1. The highest BCUT2D eigenvalue weighted by molar-refractivity contribution is 5.76.